The van der Waals surface area contributed by atoms with Crippen LogP contribution in [-0.2, 0) is 19.1 Å². The van der Waals surface area contributed by atoms with Gasteiger partial charge in [-0.15, -0.1) is 0 Å². The van der Waals surface area contributed by atoms with Crippen molar-refractivity contribution in [1.82, 2.24) is 9.80 Å². The smallest absolute Gasteiger partial charge is 0.409 e. The highest BCUT2D eigenvalue weighted by molar-refractivity contribution is 6.14. The van der Waals surface area contributed by atoms with Crippen LogP contribution in [0.25, 0.3) is 0 Å². The van der Waals surface area contributed by atoms with Crippen LogP contribution in [0, 0.1) is 12.8 Å². The van der Waals surface area contributed by atoms with Crippen LogP contribution in [0.1, 0.15) is 69.8 Å². The lowest BCUT2D eigenvalue weighted by molar-refractivity contribution is -0.165. The summed E-state index contributed by atoms with van der Waals surface area (Å²) in [5.41, 5.74) is -0.420. The Labute approximate surface area is 218 Å². The highest BCUT2D eigenvalue weighted by Gasteiger charge is 2.49. The van der Waals surface area contributed by atoms with Crippen LogP contribution in [0.2, 0.25) is 0 Å². The fourth-order valence-electron chi connectivity index (χ4n) is 4.55. The number of piperidine rings is 1. The predicted octanol–water partition coefficient (Wildman–Crippen LogP) is 3.76. The Morgan fingerprint density at radius 1 is 1.24 bits per heavy atom. The first-order valence-electron chi connectivity index (χ1n) is 13.1. The van der Waals surface area contributed by atoms with Crippen LogP contribution in [0.4, 0.5) is 10.5 Å². The van der Waals surface area contributed by atoms with Crippen molar-refractivity contribution in [3.05, 3.63) is 23.3 Å². The standard InChI is InChI=1S/C27H39N3O7/c1-7-11-30(19-10-9-12-29(15-19)26(34)36-16-17(3)4)23(31)20-14-21-22(13-18(20)5)37-27(6,24(32)28-21)25(33)35-8-2/h13-14,17,19H,7-12,15-16H2,1-6H3,(H,28,32)/t19-,27?/m1/s1. The summed E-state index contributed by atoms with van der Waals surface area (Å²) < 4.78 is 16.2. The zero-order valence-corrected chi connectivity index (χ0v) is 22.7. The third-order valence-corrected chi connectivity index (χ3v) is 6.58. The van der Waals surface area contributed by atoms with Gasteiger partial charge in [-0.1, -0.05) is 20.8 Å². The summed E-state index contributed by atoms with van der Waals surface area (Å²) in [5.74, 6) is -1.08. The van der Waals surface area contributed by atoms with Gasteiger partial charge in [0.15, 0.2) is 0 Å². The molecule has 0 aromatic heterocycles. The van der Waals surface area contributed by atoms with Crippen molar-refractivity contribution in [3.8, 4) is 5.75 Å². The molecule has 204 valence electrons. The van der Waals surface area contributed by atoms with Crippen molar-refractivity contribution in [2.45, 2.75) is 72.4 Å². The van der Waals surface area contributed by atoms with Gasteiger partial charge in [-0.2, -0.15) is 0 Å². The molecule has 1 saturated heterocycles. The van der Waals surface area contributed by atoms with E-state index in [1.54, 1.807) is 30.9 Å². The molecule has 0 bridgehead atoms. The molecular weight excluding hydrogens is 478 g/mol. The number of amides is 3. The van der Waals surface area contributed by atoms with Crippen molar-refractivity contribution in [1.29, 1.82) is 0 Å². The highest BCUT2D eigenvalue weighted by atomic mass is 16.6. The number of anilines is 1. The van der Waals surface area contributed by atoms with Crippen molar-refractivity contribution in [2.24, 2.45) is 5.92 Å². The normalized spacial score (nSPS) is 21.0. The third kappa shape index (κ3) is 6.17. The number of nitrogens with zero attached hydrogens (tertiary/aromatic N) is 2. The first-order valence-corrected chi connectivity index (χ1v) is 13.1. The van der Waals surface area contributed by atoms with Crippen LogP contribution in [0.3, 0.4) is 0 Å². The van der Waals surface area contributed by atoms with E-state index in [1.807, 2.05) is 25.7 Å². The molecule has 2 heterocycles. The zero-order chi connectivity index (χ0) is 27.3. The molecule has 3 rings (SSSR count). The molecule has 1 fully saturated rings. The second kappa shape index (κ2) is 11.8. The number of likely N-dealkylation sites (tertiary alicyclic amines) is 1. The monoisotopic (exact) mass is 517 g/mol. The van der Waals surface area contributed by atoms with Crippen LogP contribution >= 0.6 is 0 Å². The van der Waals surface area contributed by atoms with E-state index in [4.69, 9.17) is 14.2 Å². The summed E-state index contributed by atoms with van der Waals surface area (Å²) in [6.07, 6.45) is 1.95. The SMILES string of the molecule is CCCN(C(=O)c1cc2c(cc1C)OC(C)(C(=O)OCC)C(=O)N2)[C@@H]1CCCN(C(=O)OCC(C)C)C1. The summed E-state index contributed by atoms with van der Waals surface area (Å²) in [7, 11) is 0. The van der Waals surface area contributed by atoms with E-state index in [1.165, 1.54) is 6.92 Å². The molecule has 2 atom stereocenters. The molecule has 37 heavy (non-hydrogen) atoms. The van der Waals surface area contributed by atoms with Crippen molar-refractivity contribution >= 4 is 29.6 Å². The van der Waals surface area contributed by atoms with Gasteiger partial charge in [0, 0.05) is 31.2 Å². The molecule has 0 saturated carbocycles. The lowest BCUT2D eigenvalue weighted by Gasteiger charge is -2.39. The number of ether oxygens (including phenoxy) is 3. The molecule has 10 nitrogen and oxygen atoms in total. The number of carbonyl (C=O) groups excluding carboxylic acids is 4. The Balaban J connectivity index is 1.83. The second-order valence-electron chi connectivity index (χ2n) is 10.2. The average molecular weight is 518 g/mol. The summed E-state index contributed by atoms with van der Waals surface area (Å²) in [6.45, 7) is 12.8. The number of hydrogen-bond donors (Lipinski definition) is 1. The maximum Gasteiger partial charge on any atom is 0.409 e. The Morgan fingerprint density at radius 3 is 2.62 bits per heavy atom. The molecule has 10 heteroatoms. The summed E-state index contributed by atoms with van der Waals surface area (Å²) in [4.78, 5) is 55.0. The van der Waals surface area contributed by atoms with Gasteiger partial charge in [-0.05, 0) is 63.6 Å². The van der Waals surface area contributed by atoms with Crippen molar-refractivity contribution < 1.29 is 33.4 Å². The Hall–Kier alpha value is -3.30. The summed E-state index contributed by atoms with van der Waals surface area (Å²) in [6, 6.07) is 3.09. The van der Waals surface area contributed by atoms with E-state index >= 15 is 0 Å². The summed E-state index contributed by atoms with van der Waals surface area (Å²) in [5, 5.41) is 2.70. The number of rotatable bonds is 8. The van der Waals surface area contributed by atoms with Gasteiger partial charge in [0.25, 0.3) is 17.4 Å². The van der Waals surface area contributed by atoms with Crippen molar-refractivity contribution in [3.63, 3.8) is 0 Å². The number of fused-ring (bicyclic) bond motifs is 1. The molecule has 1 aromatic rings. The van der Waals surface area contributed by atoms with Gasteiger partial charge < -0.3 is 29.3 Å². The van der Waals surface area contributed by atoms with Crippen molar-refractivity contribution in [2.75, 3.05) is 38.2 Å². The number of esters is 1. The first kappa shape index (κ1) is 28.3. The van der Waals surface area contributed by atoms with Gasteiger partial charge in [0.1, 0.15) is 5.75 Å². The molecule has 0 radical (unpaired) electrons. The van der Waals surface area contributed by atoms with Gasteiger partial charge >= 0.3 is 12.1 Å². The van der Waals surface area contributed by atoms with E-state index in [9.17, 15) is 19.2 Å². The number of nitrogens with one attached hydrogen (secondary N) is 1. The van der Waals surface area contributed by atoms with E-state index in [0.29, 0.717) is 48.8 Å². The number of benzene rings is 1. The van der Waals surface area contributed by atoms with E-state index in [2.05, 4.69) is 5.32 Å². The first-order chi connectivity index (χ1) is 17.5. The fourth-order valence-corrected chi connectivity index (χ4v) is 4.55. The van der Waals surface area contributed by atoms with Gasteiger partial charge in [0.2, 0.25) is 0 Å². The second-order valence-corrected chi connectivity index (χ2v) is 10.2. The molecule has 2 aliphatic rings. The molecule has 2 aliphatic heterocycles. The number of hydrogen-bond acceptors (Lipinski definition) is 7. The largest absolute Gasteiger partial charge is 0.464 e. The Kier molecular flexibility index (Phi) is 9.04. The van der Waals surface area contributed by atoms with Crippen LogP contribution in [-0.4, -0.2) is 78.2 Å². The molecule has 1 N–H and O–H groups in total. The van der Waals surface area contributed by atoms with E-state index < -0.39 is 17.5 Å². The van der Waals surface area contributed by atoms with E-state index in [-0.39, 0.29) is 30.6 Å². The molecule has 1 unspecified atom stereocenters. The lowest BCUT2D eigenvalue weighted by Crippen LogP contribution is -2.55. The Morgan fingerprint density at radius 2 is 1.97 bits per heavy atom. The quantitative estimate of drug-likeness (QED) is 0.412. The Bertz CT molecular complexity index is 1040. The predicted molar refractivity (Wildman–Crippen MR) is 138 cm³/mol. The molecule has 1 aromatic carbocycles. The molecule has 3 amide bonds. The van der Waals surface area contributed by atoms with E-state index in [0.717, 1.165) is 19.3 Å². The average Bonchev–Trinajstić information content (AvgIpc) is 2.86. The van der Waals surface area contributed by atoms with Gasteiger partial charge in [-0.3, -0.25) is 9.59 Å². The topological polar surface area (TPSA) is 114 Å². The lowest BCUT2D eigenvalue weighted by atomic mass is 9.98. The molecule has 0 spiro atoms. The maximum atomic E-state index is 13.8. The third-order valence-electron chi connectivity index (χ3n) is 6.58. The number of aryl methyl sites for hydroxylation is 1. The van der Waals surface area contributed by atoms with Crippen LogP contribution < -0.4 is 10.1 Å². The number of carbonyl (C=O) groups is 4. The minimum absolute atomic E-state index is 0.117. The maximum absolute atomic E-state index is 13.8. The molecule has 0 aliphatic carbocycles. The highest BCUT2D eigenvalue weighted by Crippen LogP contribution is 2.37. The summed E-state index contributed by atoms with van der Waals surface area (Å²) >= 11 is 0. The van der Waals surface area contributed by atoms with Crippen LogP contribution in [0.5, 0.6) is 5.75 Å². The fraction of sp³-hybridized carbons (Fsp3) is 0.630. The van der Waals surface area contributed by atoms with Crippen LogP contribution in [0.15, 0.2) is 12.1 Å². The molecular formula is C27H39N3O7. The minimum Gasteiger partial charge on any atom is -0.464 e. The minimum atomic E-state index is -1.81. The zero-order valence-electron chi connectivity index (χ0n) is 22.7. The van der Waals surface area contributed by atoms with Gasteiger partial charge in [-0.25, -0.2) is 9.59 Å². The van der Waals surface area contributed by atoms with Gasteiger partial charge in [0.05, 0.1) is 18.9 Å².